The molecule has 0 bridgehead atoms. The molecule has 1 atom stereocenters. The first kappa shape index (κ1) is 14.5. The number of benzene rings is 1. The van der Waals surface area contributed by atoms with Crippen LogP contribution >= 0.6 is 0 Å². The Hall–Kier alpha value is -2.57. The number of hydrogen-bond donors (Lipinski definition) is 2. The molecule has 0 heterocycles. The standard InChI is InChI=1S/C12H14N2O5/c1-14(7-15)6-10(11(13)17)19-12(18)8-4-2-3-5-9(8)16/h2-5,7,10,16H,6H2,1H3,(H2,13,17). The molecule has 1 unspecified atom stereocenters. The topological polar surface area (TPSA) is 110 Å². The summed E-state index contributed by atoms with van der Waals surface area (Å²) < 4.78 is 4.88. The van der Waals surface area contributed by atoms with E-state index in [9.17, 15) is 19.5 Å². The van der Waals surface area contributed by atoms with Gasteiger partial charge in [0.1, 0.15) is 11.3 Å². The van der Waals surface area contributed by atoms with Crippen molar-refractivity contribution in [3.8, 4) is 5.75 Å². The van der Waals surface area contributed by atoms with E-state index in [0.29, 0.717) is 6.41 Å². The van der Waals surface area contributed by atoms with Gasteiger partial charge in [-0.15, -0.1) is 0 Å². The lowest BCUT2D eigenvalue weighted by atomic mass is 10.2. The van der Waals surface area contributed by atoms with Crippen LogP contribution in [0.1, 0.15) is 10.4 Å². The molecule has 1 rings (SSSR count). The van der Waals surface area contributed by atoms with Gasteiger partial charge in [-0.25, -0.2) is 4.79 Å². The molecule has 1 aromatic rings. The summed E-state index contributed by atoms with van der Waals surface area (Å²) in [4.78, 5) is 34.5. The van der Waals surface area contributed by atoms with Crippen LogP contribution in [0.2, 0.25) is 0 Å². The smallest absolute Gasteiger partial charge is 0.342 e. The van der Waals surface area contributed by atoms with Crippen LogP contribution < -0.4 is 5.73 Å². The molecule has 102 valence electrons. The number of phenolic OH excluding ortho intramolecular Hbond substituents is 1. The first-order chi connectivity index (χ1) is 8.95. The number of aromatic hydroxyl groups is 1. The van der Waals surface area contributed by atoms with E-state index in [1.807, 2.05) is 0 Å². The van der Waals surface area contributed by atoms with Crippen molar-refractivity contribution in [3.05, 3.63) is 29.8 Å². The zero-order valence-electron chi connectivity index (χ0n) is 10.3. The fourth-order valence-corrected chi connectivity index (χ4v) is 1.33. The number of rotatable bonds is 6. The third kappa shape index (κ3) is 3.98. The summed E-state index contributed by atoms with van der Waals surface area (Å²) in [6.07, 6.45) is -0.800. The Bertz CT molecular complexity index is 489. The van der Waals surface area contributed by atoms with Crippen LogP contribution in [0.25, 0.3) is 0 Å². The van der Waals surface area contributed by atoms with Crippen LogP contribution in [0.4, 0.5) is 0 Å². The molecule has 0 aliphatic rings. The van der Waals surface area contributed by atoms with Gasteiger partial charge in [-0.3, -0.25) is 9.59 Å². The number of carbonyl (C=O) groups excluding carboxylic acids is 3. The largest absolute Gasteiger partial charge is 0.507 e. The SMILES string of the molecule is CN(C=O)CC(OC(=O)c1ccccc1O)C(N)=O. The van der Waals surface area contributed by atoms with Crippen molar-refractivity contribution in [1.82, 2.24) is 4.90 Å². The van der Waals surface area contributed by atoms with Crippen molar-refractivity contribution in [2.75, 3.05) is 13.6 Å². The van der Waals surface area contributed by atoms with Crippen molar-refractivity contribution in [2.45, 2.75) is 6.10 Å². The van der Waals surface area contributed by atoms with Crippen LogP contribution in [0, 0.1) is 0 Å². The van der Waals surface area contributed by atoms with Gasteiger partial charge in [0.15, 0.2) is 6.10 Å². The molecule has 7 nitrogen and oxygen atoms in total. The maximum absolute atomic E-state index is 11.8. The quantitative estimate of drug-likeness (QED) is 0.532. The number of primary amides is 1. The van der Waals surface area contributed by atoms with E-state index < -0.39 is 18.0 Å². The van der Waals surface area contributed by atoms with E-state index in [1.54, 1.807) is 0 Å². The van der Waals surface area contributed by atoms with Gasteiger partial charge in [-0.05, 0) is 12.1 Å². The van der Waals surface area contributed by atoms with Crippen LogP contribution in [0.3, 0.4) is 0 Å². The summed E-state index contributed by atoms with van der Waals surface area (Å²) in [6, 6.07) is 5.73. The molecule has 0 aliphatic heterocycles. The zero-order valence-corrected chi connectivity index (χ0v) is 10.3. The maximum Gasteiger partial charge on any atom is 0.342 e. The van der Waals surface area contributed by atoms with Gasteiger partial charge >= 0.3 is 5.97 Å². The molecule has 0 spiro atoms. The van der Waals surface area contributed by atoms with E-state index in [0.717, 1.165) is 4.90 Å². The molecule has 7 heteroatoms. The zero-order chi connectivity index (χ0) is 14.4. The second kappa shape index (κ2) is 6.39. The third-order valence-electron chi connectivity index (χ3n) is 2.32. The van der Waals surface area contributed by atoms with Gasteiger partial charge in [0.25, 0.3) is 5.91 Å². The molecule has 0 saturated heterocycles. The summed E-state index contributed by atoms with van der Waals surface area (Å²) in [7, 11) is 1.41. The normalized spacial score (nSPS) is 11.4. The van der Waals surface area contributed by atoms with Gasteiger partial charge in [-0.1, -0.05) is 12.1 Å². The third-order valence-corrected chi connectivity index (χ3v) is 2.32. The van der Waals surface area contributed by atoms with Crippen LogP contribution in [-0.2, 0) is 14.3 Å². The van der Waals surface area contributed by atoms with Crippen molar-refractivity contribution < 1.29 is 24.2 Å². The number of amides is 2. The van der Waals surface area contributed by atoms with Gasteiger partial charge in [0.2, 0.25) is 6.41 Å². The van der Waals surface area contributed by atoms with Crippen molar-refractivity contribution >= 4 is 18.3 Å². The highest BCUT2D eigenvalue weighted by atomic mass is 16.5. The number of hydrogen-bond acceptors (Lipinski definition) is 5. The average molecular weight is 266 g/mol. The summed E-state index contributed by atoms with van der Waals surface area (Å²) >= 11 is 0. The van der Waals surface area contributed by atoms with Gasteiger partial charge in [0, 0.05) is 7.05 Å². The lowest BCUT2D eigenvalue weighted by molar-refractivity contribution is -0.129. The fourth-order valence-electron chi connectivity index (χ4n) is 1.33. The minimum absolute atomic E-state index is 0.0810. The number of para-hydroxylation sites is 1. The van der Waals surface area contributed by atoms with Crippen LogP contribution in [0.15, 0.2) is 24.3 Å². The predicted octanol–water partition coefficient (Wildman–Crippen LogP) is -0.509. The van der Waals surface area contributed by atoms with E-state index in [4.69, 9.17) is 10.5 Å². The Morgan fingerprint density at radius 1 is 1.47 bits per heavy atom. The first-order valence-corrected chi connectivity index (χ1v) is 5.39. The molecule has 0 radical (unpaired) electrons. The average Bonchev–Trinajstić information content (AvgIpc) is 2.37. The number of carbonyl (C=O) groups is 3. The van der Waals surface area contributed by atoms with E-state index in [-0.39, 0.29) is 17.9 Å². The minimum Gasteiger partial charge on any atom is -0.507 e. The maximum atomic E-state index is 11.8. The number of likely N-dealkylation sites (N-methyl/N-ethyl adjacent to an activating group) is 1. The van der Waals surface area contributed by atoms with E-state index in [1.165, 1.54) is 31.3 Å². The van der Waals surface area contributed by atoms with Crippen LogP contribution in [-0.4, -0.2) is 48.0 Å². The van der Waals surface area contributed by atoms with Crippen molar-refractivity contribution in [2.24, 2.45) is 5.73 Å². The molecule has 0 saturated carbocycles. The van der Waals surface area contributed by atoms with Crippen LogP contribution in [0.5, 0.6) is 5.75 Å². The number of phenols is 1. The molecular formula is C12H14N2O5. The number of nitrogens with zero attached hydrogens (tertiary/aromatic N) is 1. The molecule has 3 N–H and O–H groups in total. The van der Waals surface area contributed by atoms with Gasteiger partial charge in [0.05, 0.1) is 6.54 Å². The lowest BCUT2D eigenvalue weighted by Gasteiger charge is -2.19. The molecule has 19 heavy (non-hydrogen) atoms. The van der Waals surface area contributed by atoms with Crippen molar-refractivity contribution in [3.63, 3.8) is 0 Å². The highest BCUT2D eigenvalue weighted by Crippen LogP contribution is 2.17. The van der Waals surface area contributed by atoms with Gasteiger partial charge < -0.3 is 20.5 Å². The Morgan fingerprint density at radius 3 is 2.63 bits per heavy atom. The monoisotopic (exact) mass is 266 g/mol. The second-order valence-corrected chi connectivity index (χ2v) is 3.86. The number of ether oxygens (including phenoxy) is 1. The molecule has 0 aliphatic carbocycles. The Labute approximate surface area is 109 Å². The van der Waals surface area contributed by atoms with E-state index in [2.05, 4.69) is 0 Å². The molecule has 0 aromatic heterocycles. The molecule has 2 amide bonds. The predicted molar refractivity (Wildman–Crippen MR) is 65.2 cm³/mol. The highest BCUT2D eigenvalue weighted by Gasteiger charge is 2.23. The minimum atomic E-state index is -1.28. The molecule has 0 fully saturated rings. The molecular weight excluding hydrogens is 252 g/mol. The highest BCUT2D eigenvalue weighted by molar-refractivity contribution is 5.94. The Morgan fingerprint density at radius 2 is 2.11 bits per heavy atom. The summed E-state index contributed by atoms with van der Waals surface area (Å²) in [5, 5.41) is 9.48. The van der Waals surface area contributed by atoms with Crippen molar-refractivity contribution in [1.29, 1.82) is 0 Å². The molecule has 1 aromatic carbocycles. The lowest BCUT2D eigenvalue weighted by Crippen LogP contribution is -2.41. The number of esters is 1. The number of nitrogens with two attached hydrogens (primary N) is 1. The Balaban J connectivity index is 2.80. The van der Waals surface area contributed by atoms with E-state index >= 15 is 0 Å². The summed E-state index contributed by atoms with van der Waals surface area (Å²) in [6.45, 7) is -0.155. The Kier molecular flexibility index (Phi) is 4.87. The fraction of sp³-hybridized carbons (Fsp3) is 0.250. The summed E-state index contributed by atoms with van der Waals surface area (Å²) in [5.74, 6) is -2.03. The first-order valence-electron chi connectivity index (χ1n) is 5.39. The second-order valence-electron chi connectivity index (χ2n) is 3.86. The van der Waals surface area contributed by atoms with Gasteiger partial charge in [-0.2, -0.15) is 0 Å². The summed E-state index contributed by atoms with van der Waals surface area (Å²) in [5.41, 5.74) is 5.00.